The molecule has 0 aromatic carbocycles. The minimum absolute atomic E-state index is 0.00556. The van der Waals surface area contributed by atoms with Crippen molar-refractivity contribution in [2.45, 2.75) is 84.8 Å². The number of ketones is 1. The van der Waals surface area contributed by atoms with Crippen LogP contribution in [0.1, 0.15) is 72.1 Å². The second-order valence-electron chi connectivity index (χ2n) is 10.9. The number of Topliss-reactive ketones (excluding diaryl/α,β-unsaturated/α-hetero) is 1. The summed E-state index contributed by atoms with van der Waals surface area (Å²) in [5.41, 5.74) is 2.78. The van der Waals surface area contributed by atoms with Gasteiger partial charge < -0.3 is 9.30 Å². The molecule has 0 amide bonds. The summed E-state index contributed by atoms with van der Waals surface area (Å²) in [5.74, 6) is 2.02. The largest absolute Gasteiger partial charge is 0.462 e. The molecule has 32 heavy (non-hydrogen) atoms. The van der Waals surface area contributed by atoms with E-state index in [0.29, 0.717) is 30.7 Å². The summed E-state index contributed by atoms with van der Waals surface area (Å²) >= 11 is 0. The first-order valence-corrected chi connectivity index (χ1v) is 12.4. The maximum Gasteiger partial charge on any atom is 0.305 e. The van der Waals surface area contributed by atoms with Gasteiger partial charge in [0.15, 0.2) is 5.78 Å². The first-order valence-electron chi connectivity index (χ1n) is 12.4. The van der Waals surface area contributed by atoms with E-state index in [1.165, 1.54) is 12.0 Å². The fourth-order valence-corrected chi connectivity index (χ4v) is 7.63. The number of allylic oxidation sites excluding steroid dienone is 3. The molecule has 0 spiro atoms. The van der Waals surface area contributed by atoms with Gasteiger partial charge in [0.05, 0.1) is 12.9 Å². The van der Waals surface area contributed by atoms with Crippen molar-refractivity contribution < 1.29 is 14.3 Å². The van der Waals surface area contributed by atoms with Crippen LogP contribution in [-0.4, -0.2) is 27.4 Å². The number of nitrogens with zero attached hydrogens (tertiary/aromatic N) is 2. The SMILES string of the molecule is CCC(=O)O[C@H]1CC[C@@]2(C)C(=CC[C@@H]3[C@@H]2CC[C@]2(C)C(C(=O)Cn4ccnc4)=CC[C@@H]32)C1. The molecule has 172 valence electrons. The highest BCUT2D eigenvalue weighted by Gasteiger charge is 2.57. The highest BCUT2D eigenvalue weighted by Crippen LogP contribution is 2.65. The molecule has 0 radical (unpaired) electrons. The molecule has 0 saturated heterocycles. The smallest absolute Gasteiger partial charge is 0.305 e. The first-order chi connectivity index (χ1) is 15.3. The van der Waals surface area contributed by atoms with Crippen molar-refractivity contribution in [1.29, 1.82) is 0 Å². The summed E-state index contributed by atoms with van der Waals surface area (Å²) in [4.78, 5) is 29.1. The van der Waals surface area contributed by atoms with Gasteiger partial charge in [0.25, 0.3) is 0 Å². The van der Waals surface area contributed by atoms with Gasteiger partial charge in [0.2, 0.25) is 0 Å². The maximum absolute atomic E-state index is 13.2. The lowest BCUT2D eigenvalue weighted by Crippen LogP contribution is -2.50. The Kier molecular flexibility index (Phi) is 5.42. The molecule has 4 aliphatic carbocycles. The van der Waals surface area contributed by atoms with E-state index in [0.717, 1.165) is 44.1 Å². The molecule has 5 rings (SSSR count). The van der Waals surface area contributed by atoms with E-state index in [2.05, 4.69) is 31.0 Å². The minimum atomic E-state index is -0.0776. The van der Waals surface area contributed by atoms with Gasteiger partial charge in [-0.15, -0.1) is 0 Å². The number of hydrogen-bond acceptors (Lipinski definition) is 4. The van der Waals surface area contributed by atoms with Crippen molar-refractivity contribution in [2.24, 2.45) is 28.6 Å². The molecule has 2 fully saturated rings. The van der Waals surface area contributed by atoms with Crippen LogP contribution in [0.5, 0.6) is 0 Å². The van der Waals surface area contributed by atoms with Crippen LogP contribution >= 0.6 is 0 Å². The predicted molar refractivity (Wildman–Crippen MR) is 123 cm³/mol. The number of aromatic nitrogens is 2. The molecule has 4 aliphatic rings. The van der Waals surface area contributed by atoms with Gasteiger partial charge in [-0.05, 0) is 72.7 Å². The lowest BCUT2D eigenvalue weighted by atomic mass is 9.47. The average Bonchev–Trinajstić information content (AvgIpc) is 3.40. The van der Waals surface area contributed by atoms with Crippen LogP contribution in [0.15, 0.2) is 42.0 Å². The van der Waals surface area contributed by atoms with E-state index in [-0.39, 0.29) is 28.7 Å². The molecule has 0 unspecified atom stereocenters. The van der Waals surface area contributed by atoms with Crippen LogP contribution in [0.2, 0.25) is 0 Å². The second-order valence-corrected chi connectivity index (χ2v) is 10.9. The van der Waals surface area contributed by atoms with E-state index in [1.807, 2.05) is 17.7 Å². The van der Waals surface area contributed by atoms with Gasteiger partial charge in [0.1, 0.15) is 6.10 Å². The molecule has 0 N–H and O–H groups in total. The van der Waals surface area contributed by atoms with E-state index < -0.39 is 0 Å². The molecular formula is C27H36N2O3. The second kappa shape index (κ2) is 8.00. The lowest BCUT2D eigenvalue weighted by molar-refractivity contribution is -0.151. The Hall–Kier alpha value is -2.17. The van der Waals surface area contributed by atoms with Crippen LogP contribution < -0.4 is 0 Å². The van der Waals surface area contributed by atoms with Gasteiger partial charge >= 0.3 is 5.97 Å². The number of imidazole rings is 1. The van der Waals surface area contributed by atoms with Crippen LogP contribution in [0.25, 0.3) is 0 Å². The molecule has 2 saturated carbocycles. The van der Waals surface area contributed by atoms with Gasteiger partial charge in [-0.2, -0.15) is 0 Å². The number of carbonyl (C=O) groups is 2. The van der Waals surface area contributed by atoms with Crippen molar-refractivity contribution >= 4 is 11.8 Å². The molecule has 0 aliphatic heterocycles. The highest BCUT2D eigenvalue weighted by atomic mass is 16.5. The number of hydrogen-bond donors (Lipinski definition) is 0. The summed E-state index contributed by atoms with van der Waals surface area (Å²) < 4.78 is 7.59. The van der Waals surface area contributed by atoms with Crippen molar-refractivity contribution in [3.63, 3.8) is 0 Å². The number of rotatable bonds is 5. The van der Waals surface area contributed by atoms with Gasteiger partial charge in [-0.25, -0.2) is 4.98 Å². The maximum atomic E-state index is 13.2. The molecular weight excluding hydrogens is 400 g/mol. The Balaban J connectivity index is 1.33. The Bertz CT molecular complexity index is 962. The van der Waals surface area contributed by atoms with Crippen LogP contribution in [0.4, 0.5) is 0 Å². The zero-order chi connectivity index (χ0) is 22.5. The Morgan fingerprint density at radius 1 is 1.12 bits per heavy atom. The average molecular weight is 437 g/mol. The van der Waals surface area contributed by atoms with Gasteiger partial charge in [-0.1, -0.05) is 38.5 Å². The molecule has 1 aromatic rings. The Morgan fingerprint density at radius 3 is 2.69 bits per heavy atom. The summed E-state index contributed by atoms with van der Waals surface area (Å²) in [6.07, 6.45) is 17.9. The number of carbonyl (C=O) groups excluding carboxylic acids is 2. The Morgan fingerprint density at radius 2 is 1.94 bits per heavy atom. The Labute approximate surface area is 191 Å². The molecule has 0 bridgehead atoms. The van der Waals surface area contributed by atoms with Crippen molar-refractivity contribution in [3.8, 4) is 0 Å². The fraction of sp³-hybridized carbons (Fsp3) is 0.667. The zero-order valence-corrected chi connectivity index (χ0v) is 19.7. The van der Waals surface area contributed by atoms with Crippen molar-refractivity contribution in [2.75, 3.05) is 0 Å². The van der Waals surface area contributed by atoms with Gasteiger partial charge in [0, 0.05) is 25.2 Å². The molecule has 1 heterocycles. The standard InChI is InChI=1S/C27H36N2O3/c1-4-25(31)32-19-9-11-26(2)18(15-19)5-6-20-21-7-8-23(27(21,3)12-10-22(20)26)24(30)16-29-14-13-28-17-29/h5,8,13-14,17,19-22H,4,6-7,9-12,15-16H2,1-3H3/t19-,20-,21-,22-,26-,27-/m0/s1. The van der Waals surface area contributed by atoms with Crippen LogP contribution in [-0.2, 0) is 20.9 Å². The van der Waals surface area contributed by atoms with Crippen molar-refractivity contribution in [3.05, 3.63) is 42.0 Å². The zero-order valence-electron chi connectivity index (χ0n) is 19.7. The topological polar surface area (TPSA) is 61.2 Å². The third kappa shape index (κ3) is 3.39. The van der Waals surface area contributed by atoms with E-state index >= 15 is 0 Å². The van der Waals surface area contributed by atoms with E-state index in [1.54, 1.807) is 12.5 Å². The van der Waals surface area contributed by atoms with E-state index in [4.69, 9.17) is 4.74 Å². The summed E-state index contributed by atoms with van der Waals surface area (Å²) in [6.45, 7) is 7.07. The third-order valence-corrected chi connectivity index (χ3v) is 9.41. The first kappa shape index (κ1) is 21.7. The van der Waals surface area contributed by atoms with Crippen LogP contribution in [0, 0.1) is 28.6 Å². The lowest BCUT2D eigenvalue weighted by Gasteiger charge is -2.57. The minimum Gasteiger partial charge on any atom is -0.462 e. The fourth-order valence-electron chi connectivity index (χ4n) is 7.63. The van der Waals surface area contributed by atoms with Crippen molar-refractivity contribution in [1.82, 2.24) is 9.55 Å². The molecule has 1 aromatic heterocycles. The molecule has 6 atom stereocenters. The molecule has 5 nitrogen and oxygen atoms in total. The quantitative estimate of drug-likeness (QED) is 0.466. The molecule has 5 heteroatoms. The summed E-state index contributed by atoms with van der Waals surface area (Å²) in [5, 5.41) is 0. The number of fused-ring (bicyclic) bond motifs is 5. The number of ether oxygens (including phenoxy) is 1. The normalized spacial score (nSPS) is 38.1. The van der Waals surface area contributed by atoms with Crippen LogP contribution in [0.3, 0.4) is 0 Å². The predicted octanol–water partition coefficient (Wildman–Crippen LogP) is 5.27. The highest BCUT2D eigenvalue weighted by molar-refractivity contribution is 5.97. The monoisotopic (exact) mass is 436 g/mol. The number of esters is 1. The summed E-state index contributed by atoms with van der Waals surface area (Å²) in [6, 6.07) is 0. The third-order valence-electron chi connectivity index (χ3n) is 9.41. The van der Waals surface area contributed by atoms with Gasteiger partial charge in [-0.3, -0.25) is 9.59 Å². The summed E-state index contributed by atoms with van der Waals surface area (Å²) in [7, 11) is 0. The van der Waals surface area contributed by atoms with E-state index in [9.17, 15) is 9.59 Å².